The Hall–Kier alpha value is -2.71. The van der Waals surface area contributed by atoms with Crippen molar-refractivity contribution in [3.63, 3.8) is 0 Å². The predicted molar refractivity (Wildman–Crippen MR) is 110 cm³/mol. The molecule has 8 heteroatoms. The number of hydrogen-bond donors (Lipinski definition) is 3. The number of aryl methyl sites for hydroxylation is 1. The minimum atomic E-state index is -3.65. The van der Waals surface area contributed by atoms with Crippen LogP contribution in [0.1, 0.15) is 36.7 Å². The lowest BCUT2D eigenvalue weighted by Crippen LogP contribution is -2.24. The lowest BCUT2D eigenvalue weighted by Gasteiger charge is -2.12. The molecule has 0 spiro atoms. The minimum Gasteiger partial charge on any atom is -0.326 e. The van der Waals surface area contributed by atoms with E-state index >= 15 is 0 Å². The molecule has 0 radical (unpaired) electrons. The van der Waals surface area contributed by atoms with Crippen LogP contribution in [0.25, 0.3) is 0 Å². The molecule has 28 heavy (non-hydrogen) atoms. The van der Waals surface area contributed by atoms with Gasteiger partial charge in [-0.25, -0.2) is 13.1 Å². The van der Waals surface area contributed by atoms with Gasteiger partial charge in [-0.1, -0.05) is 26.8 Å². The van der Waals surface area contributed by atoms with Gasteiger partial charge in [-0.2, -0.15) is 0 Å². The summed E-state index contributed by atoms with van der Waals surface area (Å²) in [5.74, 6) is -0.635. The number of nitrogens with one attached hydrogen (secondary N) is 3. The molecule has 2 amide bonds. The summed E-state index contributed by atoms with van der Waals surface area (Å²) in [5.41, 5.74) is 2.10. The molecule has 0 aliphatic heterocycles. The van der Waals surface area contributed by atoms with Gasteiger partial charge in [-0.3, -0.25) is 9.59 Å². The number of sulfonamides is 1. The van der Waals surface area contributed by atoms with Crippen LogP contribution >= 0.6 is 0 Å². The molecule has 2 rings (SSSR count). The number of carbonyl (C=O) groups excluding carboxylic acids is 2. The van der Waals surface area contributed by atoms with Crippen molar-refractivity contribution in [1.29, 1.82) is 0 Å². The van der Waals surface area contributed by atoms with Crippen LogP contribution in [0.3, 0.4) is 0 Å². The Balaban J connectivity index is 2.18. The second-order valence-electron chi connectivity index (χ2n) is 6.65. The molecule has 0 unspecified atom stereocenters. The van der Waals surface area contributed by atoms with Crippen LogP contribution in [0, 0.1) is 12.8 Å². The molecule has 0 bridgehead atoms. The van der Waals surface area contributed by atoms with E-state index in [1.165, 1.54) is 12.1 Å². The van der Waals surface area contributed by atoms with Crippen molar-refractivity contribution in [3.8, 4) is 0 Å². The maximum Gasteiger partial charge on any atom is 0.255 e. The maximum atomic E-state index is 12.6. The Labute approximate surface area is 165 Å². The summed E-state index contributed by atoms with van der Waals surface area (Å²) in [4.78, 5) is 24.4. The van der Waals surface area contributed by atoms with E-state index in [4.69, 9.17) is 0 Å². The fourth-order valence-corrected chi connectivity index (χ4v) is 3.48. The average Bonchev–Trinajstić information content (AvgIpc) is 2.63. The molecule has 2 aromatic carbocycles. The fourth-order valence-electron chi connectivity index (χ4n) is 2.41. The standard InChI is InChI=1S/C20H25N3O4S/c1-5-21-28(26,27)17-11-6-14(4)18(12-17)20(25)23-16-9-7-15(8-10-16)22-19(24)13(2)3/h6-13,21H,5H2,1-4H3,(H,22,24)(H,23,25). The fraction of sp³-hybridized carbons (Fsp3) is 0.300. The highest BCUT2D eigenvalue weighted by Crippen LogP contribution is 2.19. The van der Waals surface area contributed by atoms with Gasteiger partial charge in [-0.15, -0.1) is 0 Å². The van der Waals surface area contributed by atoms with Gasteiger partial charge in [0, 0.05) is 29.4 Å². The summed E-state index contributed by atoms with van der Waals surface area (Å²) in [6.07, 6.45) is 0. The average molecular weight is 404 g/mol. The first-order chi connectivity index (χ1) is 13.1. The first-order valence-corrected chi connectivity index (χ1v) is 10.4. The first kappa shape index (κ1) is 21.6. The number of amides is 2. The van der Waals surface area contributed by atoms with Crippen LogP contribution in [0.15, 0.2) is 47.4 Å². The van der Waals surface area contributed by atoms with Gasteiger partial charge >= 0.3 is 0 Å². The van der Waals surface area contributed by atoms with Crippen LogP contribution in [0.5, 0.6) is 0 Å². The molecule has 0 aromatic heterocycles. The summed E-state index contributed by atoms with van der Waals surface area (Å²) in [6.45, 7) is 7.29. The van der Waals surface area contributed by atoms with Gasteiger partial charge in [0.2, 0.25) is 15.9 Å². The van der Waals surface area contributed by atoms with Gasteiger partial charge in [0.25, 0.3) is 5.91 Å². The summed E-state index contributed by atoms with van der Waals surface area (Å²) < 4.78 is 26.8. The molecular formula is C20H25N3O4S. The monoisotopic (exact) mass is 403 g/mol. The highest BCUT2D eigenvalue weighted by molar-refractivity contribution is 7.89. The van der Waals surface area contributed by atoms with Crippen molar-refractivity contribution in [2.24, 2.45) is 5.92 Å². The number of carbonyl (C=O) groups is 2. The minimum absolute atomic E-state index is 0.0387. The molecule has 150 valence electrons. The largest absolute Gasteiger partial charge is 0.326 e. The lowest BCUT2D eigenvalue weighted by atomic mass is 10.1. The molecule has 0 saturated carbocycles. The van der Waals surface area contributed by atoms with E-state index in [9.17, 15) is 18.0 Å². The van der Waals surface area contributed by atoms with Crippen molar-refractivity contribution in [2.75, 3.05) is 17.2 Å². The quantitative estimate of drug-likeness (QED) is 0.660. The van der Waals surface area contributed by atoms with E-state index in [-0.39, 0.29) is 28.8 Å². The van der Waals surface area contributed by atoms with Gasteiger partial charge < -0.3 is 10.6 Å². The van der Waals surface area contributed by atoms with Crippen LogP contribution < -0.4 is 15.4 Å². The molecule has 7 nitrogen and oxygen atoms in total. The topological polar surface area (TPSA) is 104 Å². The molecule has 0 aliphatic carbocycles. The smallest absolute Gasteiger partial charge is 0.255 e. The van der Waals surface area contributed by atoms with Crippen LogP contribution in [0.2, 0.25) is 0 Å². The van der Waals surface area contributed by atoms with Crippen molar-refractivity contribution >= 4 is 33.2 Å². The van der Waals surface area contributed by atoms with Gasteiger partial charge in [0.1, 0.15) is 0 Å². The summed E-state index contributed by atoms with van der Waals surface area (Å²) in [6, 6.07) is 11.1. The van der Waals surface area contributed by atoms with E-state index in [1.807, 2.05) is 0 Å². The molecule has 0 atom stereocenters. The summed E-state index contributed by atoms with van der Waals surface area (Å²) in [5, 5.41) is 5.52. The lowest BCUT2D eigenvalue weighted by molar-refractivity contribution is -0.118. The number of rotatable bonds is 7. The molecule has 3 N–H and O–H groups in total. The Morgan fingerprint density at radius 2 is 1.54 bits per heavy atom. The predicted octanol–water partition coefficient (Wildman–Crippen LogP) is 3.14. The van der Waals surface area contributed by atoms with Crippen molar-refractivity contribution in [1.82, 2.24) is 4.72 Å². The van der Waals surface area contributed by atoms with Crippen molar-refractivity contribution < 1.29 is 18.0 Å². The Morgan fingerprint density at radius 3 is 2.07 bits per heavy atom. The van der Waals surface area contributed by atoms with E-state index in [2.05, 4.69) is 15.4 Å². The van der Waals surface area contributed by atoms with Gasteiger partial charge in [0.05, 0.1) is 4.90 Å². The van der Waals surface area contributed by atoms with E-state index in [0.29, 0.717) is 16.9 Å². The number of anilines is 2. The van der Waals surface area contributed by atoms with E-state index in [1.54, 1.807) is 58.0 Å². The van der Waals surface area contributed by atoms with Gasteiger partial charge in [0.15, 0.2) is 0 Å². The second kappa shape index (κ2) is 8.99. The first-order valence-electron chi connectivity index (χ1n) is 8.96. The third kappa shape index (κ3) is 5.40. The van der Waals surface area contributed by atoms with Crippen molar-refractivity contribution in [2.45, 2.75) is 32.6 Å². The second-order valence-corrected chi connectivity index (χ2v) is 8.42. The molecule has 0 saturated heterocycles. The van der Waals surface area contributed by atoms with Crippen molar-refractivity contribution in [3.05, 3.63) is 53.6 Å². The van der Waals surface area contributed by atoms with Gasteiger partial charge in [-0.05, 0) is 48.9 Å². The highest BCUT2D eigenvalue weighted by Gasteiger charge is 2.17. The third-order valence-electron chi connectivity index (χ3n) is 4.03. The Kier molecular flexibility index (Phi) is 6.93. The summed E-state index contributed by atoms with van der Waals surface area (Å²) in [7, 11) is -3.65. The summed E-state index contributed by atoms with van der Waals surface area (Å²) >= 11 is 0. The number of benzene rings is 2. The zero-order chi connectivity index (χ0) is 20.9. The third-order valence-corrected chi connectivity index (χ3v) is 5.58. The zero-order valence-electron chi connectivity index (χ0n) is 16.4. The highest BCUT2D eigenvalue weighted by atomic mass is 32.2. The van der Waals surface area contributed by atoms with Crippen LogP contribution in [-0.2, 0) is 14.8 Å². The molecular weight excluding hydrogens is 378 g/mol. The van der Waals surface area contributed by atoms with Crippen LogP contribution in [0.4, 0.5) is 11.4 Å². The maximum absolute atomic E-state index is 12.6. The molecule has 0 fully saturated rings. The number of hydrogen-bond acceptors (Lipinski definition) is 4. The normalized spacial score (nSPS) is 11.3. The van der Waals surface area contributed by atoms with Crippen LogP contribution in [-0.4, -0.2) is 26.8 Å². The van der Waals surface area contributed by atoms with E-state index < -0.39 is 15.9 Å². The Morgan fingerprint density at radius 1 is 0.964 bits per heavy atom. The SMILES string of the molecule is CCNS(=O)(=O)c1ccc(C)c(C(=O)Nc2ccc(NC(=O)C(C)C)cc2)c1. The van der Waals surface area contributed by atoms with E-state index in [0.717, 1.165) is 0 Å². The molecule has 0 aliphatic rings. The molecule has 0 heterocycles. The zero-order valence-corrected chi connectivity index (χ0v) is 17.2. The Bertz CT molecular complexity index is 967. The molecule has 2 aromatic rings.